The lowest BCUT2D eigenvalue weighted by atomic mass is 10.0. The number of unbranched alkanes of at least 4 members (excludes halogenated alkanes) is 16. The number of hydrogen-bond acceptors (Lipinski definition) is 1. The Hall–Kier alpha value is -0.980. The van der Waals surface area contributed by atoms with Crippen LogP contribution < -0.4 is 4.74 Å². The first-order valence-corrected chi connectivity index (χ1v) is 13.0. The lowest BCUT2D eigenvalue weighted by Crippen LogP contribution is -1.97. The molecule has 0 heterocycles. The average Bonchev–Trinajstić information content (AvgIpc) is 2.75. The quantitative estimate of drug-likeness (QED) is 0.208. The molecule has 29 heavy (non-hydrogen) atoms. The molecule has 1 aromatic rings. The average molecular weight is 405 g/mol. The van der Waals surface area contributed by atoms with Crippen molar-refractivity contribution in [2.24, 2.45) is 0 Å². The Morgan fingerprint density at radius 1 is 0.517 bits per heavy atom. The zero-order chi connectivity index (χ0) is 21.4. The highest BCUT2D eigenvalue weighted by atomic mass is 16.5. The number of benzene rings is 1. The summed E-state index contributed by atoms with van der Waals surface area (Å²) in [6, 6.07) is 8.37. The van der Waals surface area contributed by atoms with Gasteiger partial charge in [-0.15, -0.1) is 0 Å². The smallest absolute Gasteiger partial charge is 0.119 e. The molecule has 0 aromatic heterocycles. The van der Waals surface area contributed by atoms with Crippen molar-refractivity contribution in [1.29, 1.82) is 0 Å². The number of hydrogen-bond donors (Lipinski definition) is 0. The predicted molar refractivity (Wildman–Crippen MR) is 132 cm³/mol. The monoisotopic (exact) mass is 404 g/mol. The first-order valence-electron chi connectivity index (χ1n) is 13.0. The molecule has 170 valence electrons. The fraction of sp³-hybridized carbons (Fsp3) is 0.786. The molecule has 1 heteroatoms. The van der Waals surface area contributed by atoms with Crippen LogP contribution in [0.2, 0.25) is 0 Å². The van der Waals surface area contributed by atoms with Crippen LogP contribution in [0.1, 0.15) is 135 Å². The van der Waals surface area contributed by atoms with Crippen LogP contribution in [0, 0.1) is 6.92 Å². The largest absolute Gasteiger partial charge is 0.494 e. The van der Waals surface area contributed by atoms with Crippen molar-refractivity contribution < 1.29 is 4.74 Å². The van der Waals surface area contributed by atoms with Crippen molar-refractivity contribution in [1.82, 2.24) is 0 Å². The van der Waals surface area contributed by atoms with Gasteiger partial charge in [0.25, 0.3) is 0 Å². The van der Waals surface area contributed by atoms with Gasteiger partial charge in [-0.05, 0) is 25.5 Å². The second-order valence-corrected chi connectivity index (χ2v) is 8.32. The Balaban J connectivity index is 0.00000379. The standard InChI is InChI=1S/C26H46O.C2H6/c1-3-4-5-6-7-8-9-10-11-12-13-14-15-16-17-18-19-24-27-26-22-20-25(2)21-23-26;1-2/h20-23H,3-19,24H2,1-2H3;1-2H3. The van der Waals surface area contributed by atoms with E-state index in [-0.39, 0.29) is 0 Å². The van der Waals surface area contributed by atoms with Gasteiger partial charge in [-0.25, -0.2) is 0 Å². The Morgan fingerprint density at radius 2 is 0.862 bits per heavy atom. The summed E-state index contributed by atoms with van der Waals surface area (Å²) in [4.78, 5) is 0. The molecule has 0 aliphatic carbocycles. The number of aryl methyl sites for hydroxylation is 1. The fourth-order valence-electron chi connectivity index (χ4n) is 3.65. The van der Waals surface area contributed by atoms with E-state index < -0.39 is 0 Å². The molecule has 0 fully saturated rings. The molecule has 0 saturated carbocycles. The highest BCUT2D eigenvalue weighted by Gasteiger charge is 1.96. The van der Waals surface area contributed by atoms with Gasteiger partial charge >= 0.3 is 0 Å². The molecule has 1 rings (SSSR count). The number of rotatable bonds is 19. The van der Waals surface area contributed by atoms with E-state index in [0.29, 0.717) is 0 Å². The Labute approximate surface area is 184 Å². The minimum Gasteiger partial charge on any atom is -0.494 e. The van der Waals surface area contributed by atoms with Crippen molar-refractivity contribution in [2.45, 2.75) is 137 Å². The molecule has 0 aliphatic heterocycles. The van der Waals surface area contributed by atoms with E-state index in [1.807, 2.05) is 13.8 Å². The van der Waals surface area contributed by atoms with E-state index >= 15 is 0 Å². The molecular weight excluding hydrogens is 352 g/mol. The van der Waals surface area contributed by atoms with E-state index in [1.165, 1.54) is 115 Å². The SMILES string of the molecule is CC.CCCCCCCCCCCCCCCCCCCOc1ccc(C)cc1. The van der Waals surface area contributed by atoms with Gasteiger partial charge in [-0.3, -0.25) is 0 Å². The van der Waals surface area contributed by atoms with Crippen molar-refractivity contribution in [3.8, 4) is 5.75 Å². The third kappa shape index (κ3) is 20.1. The van der Waals surface area contributed by atoms with Crippen LogP contribution in [0.25, 0.3) is 0 Å². The molecule has 0 N–H and O–H groups in total. The highest BCUT2D eigenvalue weighted by molar-refractivity contribution is 5.26. The van der Waals surface area contributed by atoms with Crippen LogP contribution in [0.3, 0.4) is 0 Å². The maximum Gasteiger partial charge on any atom is 0.119 e. The maximum absolute atomic E-state index is 5.79. The van der Waals surface area contributed by atoms with Gasteiger partial charge in [0.2, 0.25) is 0 Å². The van der Waals surface area contributed by atoms with E-state index in [1.54, 1.807) is 0 Å². The lowest BCUT2D eigenvalue weighted by molar-refractivity contribution is 0.304. The van der Waals surface area contributed by atoms with Crippen LogP contribution in [0.5, 0.6) is 5.75 Å². The normalized spacial score (nSPS) is 10.5. The summed E-state index contributed by atoms with van der Waals surface area (Å²) in [7, 11) is 0. The molecular formula is C28H52O. The highest BCUT2D eigenvalue weighted by Crippen LogP contribution is 2.15. The molecule has 0 spiro atoms. The Bertz CT molecular complexity index is 409. The third-order valence-electron chi connectivity index (χ3n) is 5.54. The van der Waals surface area contributed by atoms with Crippen molar-refractivity contribution in [3.05, 3.63) is 29.8 Å². The zero-order valence-electron chi connectivity index (χ0n) is 20.4. The van der Waals surface area contributed by atoms with E-state index in [0.717, 1.165) is 12.4 Å². The summed E-state index contributed by atoms with van der Waals surface area (Å²) in [5.74, 6) is 1.01. The summed E-state index contributed by atoms with van der Waals surface area (Å²) < 4.78 is 5.79. The fourth-order valence-corrected chi connectivity index (χ4v) is 3.65. The summed E-state index contributed by atoms with van der Waals surface area (Å²) in [6.07, 6.45) is 24.1. The van der Waals surface area contributed by atoms with Gasteiger partial charge in [0.05, 0.1) is 6.61 Å². The minimum absolute atomic E-state index is 0.863. The molecule has 0 aliphatic rings. The molecule has 0 radical (unpaired) electrons. The van der Waals surface area contributed by atoms with Gasteiger partial charge in [-0.2, -0.15) is 0 Å². The van der Waals surface area contributed by atoms with Crippen molar-refractivity contribution in [2.75, 3.05) is 6.61 Å². The van der Waals surface area contributed by atoms with Crippen LogP contribution in [-0.4, -0.2) is 6.61 Å². The zero-order valence-corrected chi connectivity index (χ0v) is 20.4. The predicted octanol–water partition coefficient (Wildman–Crippen LogP) is 10.1. The molecule has 0 saturated heterocycles. The summed E-state index contributed by atoms with van der Waals surface area (Å²) >= 11 is 0. The van der Waals surface area contributed by atoms with Gasteiger partial charge in [0.15, 0.2) is 0 Å². The van der Waals surface area contributed by atoms with E-state index in [4.69, 9.17) is 4.74 Å². The van der Waals surface area contributed by atoms with Crippen molar-refractivity contribution in [3.63, 3.8) is 0 Å². The van der Waals surface area contributed by atoms with Gasteiger partial charge in [0, 0.05) is 0 Å². The maximum atomic E-state index is 5.79. The van der Waals surface area contributed by atoms with Crippen LogP contribution in [0.15, 0.2) is 24.3 Å². The van der Waals surface area contributed by atoms with Crippen LogP contribution in [-0.2, 0) is 0 Å². The van der Waals surface area contributed by atoms with Gasteiger partial charge < -0.3 is 4.74 Å². The molecule has 1 aromatic carbocycles. The number of ether oxygens (including phenoxy) is 1. The van der Waals surface area contributed by atoms with E-state index in [2.05, 4.69) is 38.1 Å². The summed E-state index contributed by atoms with van der Waals surface area (Å²) in [5, 5.41) is 0. The van der Waals surface area contributed by atoms with Gasteiger partial charge in [-0.1, -0.05) is 141 Å². The Morgan fingerprint density at radius 3 is 1.24 bits per heavy atom. The second-order valence-electron chi connectivity index (χ2n) is 8.32. The van der Waals surface area contributed by atoms with Crippen LogP contribution >= 0.6 is 0 Å². The first-order chi connectivity index (χ1) is 14.3. The van der Waals surface area contributed by atoms with Gasteiger partial charge in [0.1, 0.15) is 5.75 Å². The molecule has 0 atom stereocenters. The van der Waals surface area contributed by atoms with Crippen molar-refractivity contribution >= 4 is 0 Å². The first kappa shape index (κ1) is 28.0. The summed E-state index contributed by atoms with van der Waals surface area (Å²) in [6.45, 7) is 9.27. The summed E-state index contributed by atoms with van der Waals surface area (Å²) in [5.41, 5.74) is 1.29. The molecule has 0 unspecified atom stereocenters. The van der Waals surface area contributed by atoms with E-state index in [9.17, 15) is 0 Å². The lowest BCUT2D eigenvalue weighted by Gasteiger charge is -2.06. The molecule has 1 nitrogen and oxygen atoms in total. The van der Waals surface area contributed by atoms with Crippen LogP contribution in [0.4, 0.5) is 0 Å². The minimum atomic E-state index is 0.863. The third-order valence-corrected chi connectivity index (χ3v) is 5.54. The molecule has 0 amide bonds. The Kier molecular flexibility index (Phi) is 22.5. The second kappa shape index (κ2) is 23.3. The molecule has 0 bridgehead atoms. The topological polar surface area (TPSA) is 9.23 Å².